The van der Waals surface area contributed by atoms with Crippen molar-refractivity contribution in [1.29, 1.82) is 0 Å². The zero-order valence-electron chi connectivity index (χ0n) is 15.6. The van der Waals surface area contributed by atoms with Crippen molar-refractivity contribution in [3.63, 3.8) is 0 Å². The molecular weight excluding hydrogens is 368 g/mol. The fourth-order valence-corrected chi connectivity index (χ4v) is 7.08. The van der Waals surface area contributed by atoms with Gasteiger partial charge in [-0.05, 0) is 38.5 Å². The molecule has 0 atom stereocenters. The lowest BCUT2D eigenvalue weighted by Gasteiger charge is -2.05. The van der Waals surface area contributed by atoms with E-state index < -0.39 is 9.84 Å². The van der Waals surface area contributed by atoms with Gasteiger partial charge in [0.15, 0.2) is 9.84 Å². The van der Waals surface area contributed by atoms with E-state index in [-0.39, 0.29) is 5.75 Å². The van der Waals surface area contributed by atoms with Crippen LogP contribution < -0.4 is 0 Å². The van der Waals surface area contributed by atoms with Gasteiger partial charge in [-0.3, -0.25) is 0 Å². The molecule has 0 aliphatic carbocycles. The first-order valence-corrected chi connectivity index (χ1v) is 12.6. The number of sulfone groups is 1. The smallest absolute Gasteiger partial charge is 0.179 e. The van der Waals surface area contributed by atoms with E-state index in [9.17, 15) is 8.42 Å². The molecule has 2 rings (SSSR count). The Kier molecular flexibility index (Phi) is 8.17. The van der Waals surface area contributed by atoms with Crippen molar-refractivity contribution >= 4 is 32.5 Å². The van der Waals surface area contributed by atoms with Crippen LogP contribution in [-0.4, -0.2) is 14.2 Å². The van der Waals surface area contributed by atoms with Crippen molar-refractivity contribution < 1.29 is 8.42 Å². The van der Waals surface area contributed by atoms with Crippen molar-refractivity contribution in [2.75, 3.05) is 5.75 Å². The molecule has 0 aliphatic rings. The summed E-state index contributed by atoms with van der Waals surface area (Å²) in [5.74, 6) is 0.273. The Bertz CT molecular complexity index is 754. The highest BCUT2D eigenvalue weighted by atomic mass is 32.2. The SMILES string of the molecule is CCCCCCCCCCS(=O)(=O)c1cc(C)sc1-c1ccc(C)s1. The highest BCUT2D eigenvalue weighted by molar-refractivity contribution is 7.91. The average molecular weight is 399 g/mol. The van der Waals surface area contributed by atoms with Gasteiger partial charge in [0.05, 0.1) is 15.5 Å². The minimum Gasteiger partial charge on any atom is -0.224 e. The van der Waals surface area contributed by atoms with Crippen LogP contribution in [0.3, 0.4) is 0 Å². The molecule has 0 saturated heterocycles. The van der Waals surface area contributed by atoms with E-state index in [2.05, 4.69) is 19.9 Å². The lowest BCUT2D eigenvalue weighted by atomic mass is 10.1. The van der Waals surface area contributed by atoms with Gasteiger partial charge in [-0.1, -0.05) is 51.9 Å². The van der Waals surface area contributed by atoms with Gasteiger partial charge in [-0.15, -0.1) is 22.7 Å². The zero-order chi connectivity index (χ0) is 18.3. The third kappa shape index (κ3) is 6.22. The number of hydrogen-bond acceptors (Lipinski definition) is 4. The van der Waals surface area contributed by atoms with Crippen LogP contribution in [0.25, 0.3) is 9.75 Å². The normalized spacial score (nSPS) is 12.0. The van der Waals surface area contributed by atoms with Gasteiger partial charge in [0.2, 0.25) is 0 Å². The molecule has 140 valence electrons. The third-order valence-corrected chi connectivity index (χ3v) is 8.57. The summed E-state index contributed by atoms with van der Waals surface area (Å²) in [5.41, 5.74) is 0. The molecule has 5 heteroatoms. The maximum Gasteiger partial charge on any atom is 0.179 e. The third-order valence-electron chi connectivity index (χ3n) is 4.39. The molecule has 0 aliphatic heterocycles. The van der Waals surface area contributed by atoms with Crippen LogP contribution in [0.1, 0.15) is 68.0 Å². The Labute approximate surface area is 161 Å². The van der Waals surface area contributed by atoms with Gasteiger partial charge >= 0.3 is 0 Å². The molecule has 0 amide bonds. The lowest BCUT2D eigenvalue weighted by Crippen LogP contribution is -2.06. The molecule has 2 heterocycles. The standard InChI is InChI=1S/C20H30O2S3/c1-4-5-6-7-8-9-10-11-14-25(21,22)19-15-17(3)24-20(19)18-13-12-16(2)23-18/h12-13,15H,4-11,14H2,1-3H3. The fraction of sp³-hybridized carbons (Fsp3) is 0.600. The Morgan fingerprint density at radius 1 is 0.840 bits per heavy atom. The van der Waals surface area contributed by atoms with Gasteiger partial charge in [0.25, 0.3) is 0 Å². The van der Waals surface area contributed by atoms with Crippen molar-refractivity contribution in [3.05, 3.63) is 28.0 Å². The maximum atomic E-state index is 12.8. The van der Waals surface area contributed by atoms with Gasteiger partial charge in [0.1, 0.15) is 0 Å². The van der Waals surface area contributed by atoms with Crippen molar-refractivity contribution in [3.8, 4) is 9.75 Å². The van der Waals surface area contributed by atoms with E-state index in [1.807, 2.05) is 19.1 Å². The zero-order valence-corrected chi connectivity index (χ0v) is 18.1. The molecule has 2 aromatic heterocycles. The van der Waals surface area contributed by atoms with E-state index >= 15 is 0 Å². The minimum absolute atomic E-state index is 0.273. The summed E-state index contributed by atoms with van der Waals surface area (Å²) < 4.78 is 25.7. The first kappa shape index (κ1) is 20.7. The van der Waals surface area contributed by atoms with Gasteiger partial charge < -0.3 is 0 Å². The predicted molar refractivity (Wildman–Crippen MR) is 112 cm³/mol. The molecule has 25 heavy (non-hydrogen) atoms. The average Bonchev–Trinajstić information content (AvgIpc) is 3.16. The number of hydrogen-bond donors (Lipinski definition) is 0. The Balaban J connectivity index is 1.92. The molecule has 0 radical (unpaired) electrons. The number of unbranched alkanes of at least 4 members (excludes halogenated alkanes) is 7. The monoisotopic (exact) mass is 398 g/mol. The van der Waals surface area contributed by atoms with Gasteiger partial charge in [-0.2, -0.15) is 0 Å². The minimum atomic E-state index is -3.19. The van der Waals surface area contributed by atoms with Gasteiger partial charge in [-0.25, -0.2) is 8.42 Å². The molecule has 2 aromatic rings. The summed E-state index contributed by atoms with van der Waals surface area (Å²) in [6.07, 6.45) is 9.35. The second kappa shape index (κ2) is 9.89. The first-order chi connectivity index (χ1) is 11.9. The van der Waals surface area contributed by atoms with Crippen LogP contribution >= 0.6 is 22.7 Å². The molecule has 0 unspecified atom stereocenters. The van der Waals surface area contributed by atoms with Crippen LogP contribution in [0.5, 0.6) is 0 Å². The summed E-state index contributed by atoms with van der Waals surface area (Å²) in [5, 5.41) is 0. The predicted octanol–water partition coefficient (Wildman–Crippen LogP) is 7.01. The quantitative estimate of drug-likeness (QED) is 0.382. The molecular formula is C20H30O2S3. The first-order valence-electron chi connectivity index (χ1n) is 9.34. The largest absolute Gasteiger partial charge is 0.224 e. The summed E-state index contributed by atoms with van der Waals surface area (Å²) in [4.78, 5) is 4.82. The molecule has 0 fully saturated rings. The Hall–Kier alpha value is -0.650. The lowest BCUT2D eigenvalue weighted by molar-refractivity contribution is 0.573. The molecule has 0 N–H and O–H groups in total. The van der Waals surface area contributed by atoms with E-state index in [0.717, 1.165) is 33.9 Å². The second-order valence-corrected chi connectivity index (χ2v) is 11.4. The summed E-state index contributed by atoms with van der Waals surface area (Å²) in [6.45, 7) is 6.27. The molecule has 0 bridgehead atoms. The van der Waals surface area contributed by atoms with Crippen LogP contribution in [0.2, 0.25) is 0 Å². The van der Waals surface area contributed by atoms with E-state index in [0.29, 0.717) is 4.90 Å². The molecule has 0 spiro atoms. The molecule has 0 aromatic carbocycles. The number of aryl methyl sites for hydroxylation is 2. The molecule has 0 saturated carbocycles. The van der Waals surface area contributed by atoms with E-state index in [4.69, 9.17) is 0 Å². The summed E-state index contributed by atoms with van der Waals surface area (Å²) in [7, 11) is -3.19. The van der Waals surface area contributed by atoms with Crippen LogP contribution in [0, 0.1) is 13.8 Å². The fourth-order valence-electron chi connectivity index (χ4n) is 2.99. The topological polar surface area (TPSA) is 34.1 Å². The second-order valence-electron chi connectivity index (χ2n) is 6.75. The molecule has 2 nitrogen and oxygen atoms in total. The highest BCUT2D eigenvalue weighted by Gasteiger charge is 2.22. The van der Waals surface area contributed by atoms with Crippen molar-refractivity contribution in [2.24, 2.45) is 0 Å². The summed E-state index contributed by atoms with van der Waals surface area (Å²) >= 11 is 3.27. The van der Waals surface area contributed by atoms with Crippen LogP contribution in [0.15, 0.2) is 23.1 Å². The Morgan fingerprint density at radius 2 is 1.48 bits per heavy atom. The van der Waals surface area contributed by atoms with Crippen LogP contribution in [-0.2, 0) is 9.84 Å². The number of rotatable bonds is 11. The number of thiophene rings is 2. The van der Waals surface area contributed by atoms with Gasteiger partial charge in [0, 0.05) is 14.6 Å². The van der Waals surface area contributed by atoms with E-state index in [1.54, 1.807) is 22.7 Å². The van der Waals surface area contributed by atoms with Crippen molar-refractivity contribution in [2.45, 2.75) is 77.0 Å². The van der Waals surface area contributed by atoms with Crippen molar-refractivity contribution in [1.82, 2.24) is 0 Å². The summed E-state index contributed by atoms with van der Waals surface area (Å²) in [6, 6.07) is 5.96. The highest BCUT2D eigenvalue weighted by Crippen LogP contribution is 2.39. The maximum absolute atomic E-state index is 12.8. The van der Waals surface area contributed by atoms with Crippen LogP contribution in [0.4, 0.5) is 0 Å². The Morgan fingerprint density at radius 3 is 2.08 bits per heavy atom. The van der Waals surface area contributed by atoms with E-state index in [1.165, 1.54) is 37.0 Å².